The molecule has 1 saturated heterocycles. The minimum Gasteiger partial charge on any atom is -0.386 e. The van der Waals surface area contributed by atoms with E-state index in [2.05, 4.69) is 0 Å². The van der Waals surface area contributed by atoms with Gasteiger partial charge in [0.2, 0.25) is 0 Å². The predicted octanol–water partition coefficient (Wildman–Crippen LogP) is 3.22. The molecular formula is C15H20F2O2. The Morgan fingerprint density at radius 1 is 1.21 bits per heavy atom. The molecule has 1 heterocycles. The molecule has 2 rings (SSSR count). The van der Waals surface area contributed by atoms with Crippen molar-refractivity contribution in [3.63, 3.8) is 0 Å². The lowest BCUT2D eigenvalue weighted by Crippen LogP contribution is -2.48. The third-order valence-electron chi connectivity index (χ3n) is 3.87. The zero-order chi connectivity index (χ0) is 14.5. The lowest BCUT2D eigenvalue weighted by atomic mass is 9.78. The van der Waals surface area contributed by atoms with Gasteiger partial charge in [-0.2, -0.15) is 0 Å². The van der Waals surface area contributed by atoms with Gasteiger partial charge in [0, 0.05) is 18.9 Å². The van der Waals surface area contributed by atoms with Gasteiger partial charge >= 0.3 is 0 Å². The summed E-state index contributed by atoms with van der Waals surface area (Å²) in [6, 6.07) is 3.42. The average molecular weight is 270 g/mol. The molecule has 0 aromatic heterocycles. The second-order valence-corrected chi connectivity index (χ2v) is 6.49. The molecule has 1 atom stereocenters. The van der Waals surface area contributed by atoms with Crippen LogP contribution in [-0.4, -0.2) is 21.9 Å². The van der Waals surface area contributed by atoms with E-state index < -0.39 is 28.4 Å². The van der Waals surface area contributed by atoms with Crippen LogP contribution in [0, 0.1) is 11.6 Å². The highest BCUT2D eigenvalue weighted by Crippen LogP contribution is 2.46. The van der Waals surface area contributed by atoms with E-state index in [-0.39, 0.29) is 6.42 Å². The van der Waals surface area contributed by atoms with Gasteiger partial charge in [-0.3, -0.25) is 0 Å². The van der Waals surface area contributed by atoms with Crippen molar-refractivity contribution in [3.05, 3.63) is 35.4 Å². The van der Waals surface area contributed by atoms with Gasteiger partial charge in [-0.1, -0.05) is 6.07 Å². The number of halogens is 2. The molecule has 0 saturated carbocycles. The Kier molecular flexibility index (Phi) is 3.22. The molecule has 1 unspecified atom stereocenters. The second-order valence-electron chi connectivity index (χ2n) is 6.49. The van der Waals surface area contributed by atoms with Crippen LogP contribution in [0.25, 0.3) is 0 Å². The van der Waals surface area contributed by atoms with E-state index in [1.807, 2.05) is 13.8 Å². The van der Waals surface area contributed by atoms with Crippen molar-refractivity contribution in [2.75, 3.05) is 0 Å². The number of hydrogen-bond donors (Lipinski definition) is 1. The summed E-state index contributed by atoms with van der Waals surface area (Å²) in [6.45, 7) is 7.38. The Morgan fingerprint density at radius 3 is 2.32 bits per heavy atom. The van der Waals surface area contributed by atoms with Crippen molar-refractivity contribution in [1.82, 2.24) is 0 Å². The van der Waals surface area contributed by atoms with E-state index in [1.165, 1.54) is 12.1 Å². The molecule has 19 heavy (non-hydrogen) atoms. The van der Waals surface area contributed by atoms with Crippen LogP contribution in [0.4, 0.5) is 8.78 Å². The van der Waals surface area contributed by atoms with Gasteiger partial charge < -0.3 is 9.84 Å². The van der Waals surface area contributed by atoms with Gasteiger partial charge in [0.15, 0.2) is 0 Å². The summed E-state index contributed by atoms with van der Waals surface area (Å²) in [4.78, 5) is 0. The van der Waals surface area contributed by atoms with Crippen molar-refractivity contribution in [1.29, 1.82) is 0 Å². The predicted molar refractivity (Wildman–Crippen MR) is 68.9 cm³/mol. The Bertz CT molecular complexity index is 497. The molecule has 1 N–H and O–H groups in total. The maximum Gasteiger partial charge on any atom is 0.129 e. The molecule has 1 fully saturated rings. The van der Waals surface area contributed by atoms with Crippen LogP contribution in [-0.2, 0) is 11.2 Å². The van der Waals surface area contributed by atoms with Crippen molar-refractivity contribution in [2.45, 2.75) is 57.3 Å². The molecule has 1 aromatic carbocycles. The van der Waals surface area contributed by atoms with E-state index in [4.69, 9.17) is 4.74 Å². The van der Waals surface area contributed by atoms with Crippen molar-refractivity contribution in [3.8, 4) is 0 Å². The van der Waals surface area contributed by atoms with Crippen molar-refractivity contribution < 1.29 is 18.6 Å². The molecule has 2 nitrogen and oxygen atoms in total. The first-order chi connectivity index (χ1) is 8.55. The third kappa shape index (κ3) is 2.65. The largest absolute Gasteiger partial charge is 0.386 e. The Balaban J connectivity index is 2.31. The van der Waals surface area contributed by atoms with E-state index in [0.29, 0.717) is 12.0 Å². The van der Waals surface area contributed by atoms with Gasteiger partial charge in [-0.05, 0) is 39.3 Å². The first-order valence-corrected chi connectivity index (χ1v) is 6.41. The van der Waals surface area contributed by atoms with Crippen LogP contribution in [0.3, 0.4) is 0 Å². The molecule has 0 aliphatic carbocycles. The van der Waals surface area contributed by atoms with E-state index >= 15 is 0 Å². The fourth-order valence-electron chi connectivity index (χ4n) is 2.99. The topological polar surface area (TPSA) is 29.5 Å². The zero-order valence-corrected chi connectivity index (χ0v) is 11.8. The molecule has 106 valence electrons. The molecule has 1 aromatic rings. The van der Waals surface area contributed by atoms with Crippen LogP contribution in [0.15, 0.2) is 18.2 Å². The molecule has 0 bridgehead atoms. The maximum absolute atomic E-state index is 13.7. The Labute approximate surface area is 112 Å². The number of ether oxygens (including phenoxy) is 1. The quantitative estimate of drug-likeness (QED) is 0.894. The summed E-state index contributed by atoms with van der Waals surface area (Å²) in [5.41, 5.74) is -2.11. The highest BCUT2D eigenvalue weighted by Gasteiger charge is 2.56. The summed E-state index contributed by atoms with van der Waals surface area (Å²) < 4.78 is 32.5. The van der Waals surface area contributed by atoms with Crippen LogP contribution in [0.5, 0.6) is 0 Å². The molecule has 0 spiro atoms. The van der Waals surface area contributed by atoms with Crippen molar-refractivity contribution >= 4 is 0 Å². The molecule has 0 radical (unpaired) electrons. The fraction of sp³-hybridized carbons (Fsp3) is 0.600. The highest BCUT2D eigenvalue weighted by atomic mass is 19.1. The number of aliphatic hydroxyl groups is 1. The first-order valence-electron chi connectivity index (χ1n) is 6.41. The molecule has 1 aliphatic rings. The normalized spacial score (nSPS) is 28.6. The SMILES string of the molecule is CC1(C)CC(O)(Cc2ccc(F)cc2F)C(C)(C)O1. The fourth-order valence-corrected chi connectivity index (χ4v) is 2.99. The summed E-state index contributed by atoms with van der Waals surface area (Å²) in [5, 5.41) is 10.8. The molecule has 1 aliphatic heterocycles. The van der Waals surface area contributed by atoms with Crippen LogP contribution >= 0.6 is 0 Å². The maximum atomic E-state index is 13.7. The van der Waals surface area contributed by atoms with Gasteiger partial charge in [0.1, 0.15) is 11.6 Å². The lowest BCUT2D eigenvalue weighted by molar-refractivity contribution is -0.126. The van der Waals surface area contributed by atoms with Crippen LogP contribution < -0.4 is 0 Å². The summed E-state index contributed by atoms with van der Waals surface area (Å²) in [6.07, 6.45) is 0.513. The Morgan fingerprint density at radius 2 is 1.84 bits per heavy atom. The molecule has 0 amide bonds. The standard InChI is InChI=1S/C15H20F2O2/c1-13(2)9-15(18,14(3,4)19-13)8-10-5-6-11(16)7-12(10)17/h5-7,18H,8-9H2,1-4H3. The van der Waals surface area contributed by atoms with Crippen LogP contribution in [0.1, 0.15) is 39.7 Å². The molecular weight excluding hydrogens is 250 g/mol. The Hall–Kier alpha value is -1.00. The van der Waals surface area contributed by atoms with Gasteiger partial charge in [-0.25, -0.2) is 8.78 Å². The monoisotopic (exact) mass is 270 g/mol. The van der Waals surface area contributed by atoms with Gasteiger partial charge in [-0.15, -0.1) is 0 Å². The van der Waals surface area contributed by atoms with Gasteiger partial charge in [0.05, 0.1) is 16.8 Å². The summed E-state index contributed by atoms with van der Waals surface area (Å²) >= 11 is 0. The number of hydrogen-bond acceptors (Lipinski definition) is 2. The molecule has 4 heteroatoms. The van der Waals surface area contributed by atoms with Crippen molar-refractivity contribution in [2.24, 2.45) is 0 Å². The van der Waals surface area contributed by atoms with E-state index in [1.54, 1.807) is 13.8 Å². The second kappa shape index (κ2) is 4.25. The average Bonchev–Trinajstić information content (AvgIpc) is 2.35. The summed E-state index contributed by atoms with van der Waals surface area (Å²) in [5.74, 6) is -1.25. The van der Waals surface area contributed by atoms with Gasteiger partial charge in [0.25, 0.3) is 0 Å². The number of benzene rings is 1. The number of rotatable bonds is 2. The third-order valence-corrected chi connectivity index (χ3v) is 3.87. The van der Waals surface area contributed by atoms with E-state index in [9.17, 15) is 13.9 Å². The lowest BCUT2D eigenvalue weighted by Gasteiger charge is -2.35. The highest BCUT2D eigenvalue weighted by molar-refractivity contribution is 5.23. The zero-order valence-electron chi connectivity index (χ0n) is 11.8. The smallest absolute Gasteiger partial charge is 0.129 e. The van der Waals surface area contributed by atoms with Crippen LogP contribution in [0.2, 0.25) is 0 Å². The van der Waals surface area contributed by atoms with E-state index in [0.717, 1.165) is 6.07 Å². The minimum absolute atomic E-state index is 0.107. The summed E-state index contributed by atoms with van der Waals surface area (Å²) in [7, 11) is 0. The first kappa shape index (κ1) is 14.4. The minimum atomic E-state index is -1.17.